The Morgan fingerprint density at radius 1 is 1.00 bits per heavy atom. The molecule has 0 unspecified atom stereocenters. The average Bonchev–Trinajstić information content (AvgIpc) is 2.45. The van der Waals surface area contributed by atoms with Crippen LogP contribution in [0.2, 0.25) is 0 Å². The fraction of sp³-hybridized carbons (Fsp3) is 0.125. The van der Waals surface area contributed by atoms with Gasteiger partial charge in [-0.1, -0.05) is 36.4 Å². The van der Waals surface area contributed by atoms with Crippen molar-refractivity contribution < 1.29 is 13.9 Å². The molecule has 2 aromatic rings. The molecule has 0 fully saturated rings. The van der Waals surface area contributed by atoms with Crippen LogP contribution in [0.3, 0.4) is 0 Å². The number of rotatable bonds is 5. The summed E-state index contributed by atoms with van der Waals surface area (Å²) in [5.41, 5.74) is 1.96. The quantitative estimate of drug-likeness (QED) is 0.596. The molecular formula is C16H15FO2. The van der Waals surface area contributed by atoms with Crippen LogP contribution < -0.4 is 4.74 Å². The number of hydrogen-bond acceptors (Lipinski definition) is 2. The van der Waals surface area contributed by atoms with Crippen molar-refractivity contribution in [2.45, 2.75) is 0 Å². The summed E-state index contributed by atoms with van der Waals surface area (Å²) in [7, 11) is 1.58. The summed E-state index contributed by atoms with van der Waals surface area (Å²) in [4.78, 5) is 0. The van der Waals surface area contributed by atoms with Crippen molar-refractivity contribution in [1.82, 2.24) is 0 Å². The molecule has 0 saturated heterocycles. The highest BCUT2D eigenvalue weighted by Crippen LogP contribution is 2.16. The zero-order valence-corrected chi connectivity index (χ0v) is 10.7. The van der Waals surface area contributed by atoms with E-state index in [2.05, 4.69) is 0 Å². The van der Waals surface area contributed by atoms with Crippen molar-refractivity contribution in [1.29, 1.82) is 0 Å². The molecule has 2 nitrogen and oxygen atoms in total. The molecule has 0 amide bonds. The molecule has 98 valence electrons. The fourth-order valence-corrected chi connectivity index (χ4v) is 1.60. The number of halogens is 1. The van der Waals surface area contributed by atoms with Gasteiger partial charge in [0.25, 0.3) is 0 Å². The van der Waals surface area contributed by atoms with Gasteiger partial charge in [0.15, 0.2) is 6.79 Å². The van der Waals surface area contributed by atoms with Gasteiger partial charge in [0.1, 0.15) is 11.6 Å². The molecule has 2 aromatic carbocycles. The molecule has 0 saturated carbocycles. The van der Waals surface area contributed by atoms with Crippen molar-refractivity contribution >= 4 is 12.2 Å². The van der Waals surface area contributed by atoms with E-state index < -0.39 is 0 Å². The zero-order chi connectivity index (χ0) is 13.5. The topological polar surface area (TPSA) is 18.5 Å². The summed E-state index contributed by atoms with van der Waals surface area (Å²) in [5.74, 6) is 0.523. The lowest BCUT2D eigenvalue weighted by Gasteiger charge is -2.04. The van der Waals surface area contributed by atoms with Gasteiger partial charge in [0.05, 0.1) is 0 Å². The maximum absolute atomic E-state index is 12.8. The Morgan fingerprint density at radius 3 is 2.47 bits per heavy atom. The highest BCUT2D eigenvalue weighted by atomic mass is 19.1. The molecule has 0 aromatic heterocycles. The molecule has 0 aliphatic carbocycles. The molecule has 0 heterocycles. The third-order valence-corrected chi connectivity index (χ3v) is 2.54. The monoisotopic (exact) mass is 258 g/mol. The van der Waals surface area contributed by atoms with Crippen LogP contribution in [-0.2, 0) is 4.74 Å². The molecule has 0 aliphatic heterocycles. The first kappa shape index (κ1) is 13.3. The summed E-state index contributed by atoms with van der Waals surface area (Å²) in [6, 6.07) is 14.0. The van der Waals surface area contributed by atoms with Gasteiger partial charge in [-0.3, -0.25) is 0 Å². The Hall–Kier alpha value is -2.13. The van der Waals surface area contributed by atoms with Crippen LogP contribution in [-0.4, -0.2) is 13.9 Å². The predicted molar refractivity (Wildman–Crippen MR) is 74.3 cm³/mol. The Labute approximate surface area is 112 Å². The van der Waals surface area contributed by atoms with Crippen LogP contribution in [0, 0.1) is 5.82 Å². The van der Waals surface area contributed by atoms with E-state index in [1.54, 1.807) is 19.2 Å². The standard InChI is InChI=1S/C16H15FO2/c1-18-12-19-16-4-2-3-14(11-16)6-5-13-7-9-15(17)10-8-13/h2-11H,12H2,1H3/b6-5+. The summed E-state index contributed by atoms with van der Waals surface area (Å²) < 4.78 is 23.0. The highest BCUT2D eigenvalue weighted by Gasteiger charge is 1.94. The van der Waals surface area contributed by atoms with Crippen LogP contribution >= 0.6 is 0 Å². The molecule has 0 bridgehead atoms. The minimum absolute atomic E-state index is 0.227. The smallest absolute Gasteiger partial charge is 0.188 e. The van der Waals surface area contributed by atoms with E-state index >= 15 is 0 Å². The first-order valence-electron chi connectivity index (χ1n) is 5.93. The Balaban J connectivity index is 2.07. The first-order valence-corrected chi connectivity index (χ1v) is 5.93. The SMILES string of the molecule is COCOc1cccc(/C=C/c2ccc(F)cc2)c1. The third-order valence-electron chi connectivity index (χ3n) is 2.54. The molecule has 0 atom stereocenters. The van der Waals surface area contributed by atoms with Crippen LogP contribution in [0.25, 0.3) is 12.2 Å². The third kappa shape index (κ3) is 4.23. The molecule has 0 radical (unpaired) electrons. The van der Waals surface area contributed by atoms with Crippen LogP contribution in [0.1, 0.15) is 11.1 Å². The van der Waals surface area contributed by atoms with Crippen LogP contribution in [0.4, 0.5) is 4.39 Å². The van der Waals surface area contributed by atoms with Crippen molar-refractivity contribution in [3.63, 3.8) is 0 Å². The van der Waals surface area contributed by atoms with Crippen LogP contribution in [0.5, 0.6) is 5.75 Å². The molecule has 0 aliphatic rings. The van der Waals surface area contributed by atoms with E-state index in [4.69, 9.17) is 9.47 Å². The van der Waals surface area contributed by atoms with Gasteiger partial charge in [0, 0.05) is 7.11 Å². The summed E-state index contributed by atoms with van der Waals surface area (Å²) in [5, 5.41) is 0. The molecular weight excluding hydrogens is 243 g/mol. The predicted octanol–water partition coefficient (Wildman–Crippen LogP) is 3.98. The fourth-order valence-electron chi connectivity index (χ4n) is 1.60. The van der Waals surface area contributed by atoms with Crippen molar-refractivity contribution in [3.05, 3.63) is 65.5 Å². The van der Waals surface area contributed by atoms with E-state index in [1.807, 2.05) is 36.4 Å². The van der Waals surface area contributed by atoms with E-state index in [0.717, 1.165) is 16.9 Å². The van der Waals surface area contributed by atoms with Crippen molar-refractivity contribution in [2.24, 2.45) is 0 Å². The molecule has 3 heteroatoms. The normalized spacial score (nSPS) is 10.8. The van der Waals surface area contributed by atoms with E-state index in [0.29, 0.717) is 0 Å². The van der Waals surface area contributed by atoms with Gasteiger partial charge < -0.3 is 9.47 Å². The second-order valence-corrected chi connectivity index (χ2v) is 4.01. The Kier molecular flexibility index (Phi) is 4.70. The largest absolute Gasteiger partial charge is 0.468 e. The molecule has 19 heavy (non-hydrogen) atoms. The van der Waals surface area contributed by atoms with Gasteiger partial charge in [-0.2, -0.15) is 0 Å². The number of ether oxygens (including phenoxy) is 2. The zero-order valence-electron chi connectivity index (χ0n) is 10.7. The Bertz CT molecular complexity index is 547. The van der Waals surface area contributed by atoms with Crippen molar-refractivity contribution in [3.8, 4) is 5.75 Å². The van der Waals surface area contributed by atoms with Gasteiger partial charge >= 0.3 is 0 Å². The van der Waals surface area contributed by atoms with Gasteiger partial charge in [-0.25, -0.2) is 4.39 Å². The lowest BCUT2D eigenvalue weighted by atomic mass is 10.1. The van der Waals surface area contributed by atoms with Gasteiger partial charge in [-0.05, 0) is 35.4 Å². The second-order valence-electron chi connectivity index (χ2n) is 4.01. The molecule has 2 rings (SSSR count). The summed E-state index contributed by atoms with van der Waals surface area (Å²) in [6.45, 7) is 0.227. The average molecular weight is 258 g/mol. The van der Waals surface area contributed by atoms with Gasteiger partial charge in [0.2, 0.25) is 0 Å². The number of hydrogen-bond donors (Lipinski definition) is 0. The van der Waals surface area contributed by atoms with E-state index in [-0.39, 0.29) is 12.6 Å². The summed E-state index contributed by atoms with van der Waals surface area (Å²) >= 11 is 0. The first-order chi connectivity index (χ1) is 9.28. The highest BCUT2D eigenvalue weighted by molar-refractivity contribution is 5.70. The second kappa shape index (κ2) is 6.71. The lowest BCUT2D eigenvalue weighted by Crippen LogP contribution is -1.98. The minimum Gasteiger partial charge on any atom is -0.468 e. The number of benzene rings is 2. The maximum atomic E-state index is 12.8. The Morgan fingerprint density at radius 2 is 1.74 bits per heavy atom. The lowest BCUT2D eigenvalue weighted by molar-refractivity contribution is 0.0511. The maximum Gasteiger partial charge on any atom is 0.188 e. The van der Waals surface area contributed by atoms with Gasteiger partial charge in [-0.15, -0.1) is 0 Å². The van der Waals surface area contributed by atoms with E-state index in [9.17, 15) is 4.39 Å². The molecule has 0 N–H and O–H groups in total. The summed E-state index contributed by atoms with van der Waals surface area (Å²) in [6.07, 6.45) is 3.88. The van der Waals surface area contributed by atoms with E-state index in [1.165, 1.54) is 12.1 Å². The number of methoxy groups -OCH3 is 1. The van der Waals surface area contributed by atoms with Crippen molar-refractivity contribution in [2.75, 3.05) is 13.9 Å². The van der Waals surface area contributed by atoms with Crippen LogP contribution in [0.15, 0.2) is 48.5 Å². The minimum atomic E-state index is -0.230. The molecule has 0 spiro atoms.